The van der Waals surface area contributed by atoms with E-state index in [1.165, 1.54) is 18.9 Å². The van der Waals surface area contributed by atoms with Gasteiger partial charge in [0.25, 0.3) is 0 Å². The molecule has 1 atom stereocenters. The number of nitriles is 1. The molecule has 0 saturated carbocycles. The summed E-state index contributed by atoms with van der Waals surface area (Å²) in [6.45, 7) is 0.349. The molecule has 0 bridgehead atoms. The van der Waals surface area contributed by atoms with E-state index in [1.807, 2.05) is 24.3 Å². The second-order valence-corrected chi connectivity index (χ2v) is 8.88. The first-order valence-corrected chi connectivity index (χ1v) is 11.3. The first-order chi connectivity index (χ1) is 15.0. The number of anilines is 1. The Labute approximate surface area is 193 Å². The van der Waals surface area contributed by atoms with Crippen LogP contribution in [-0.4, -0.2) is 42.7 Å². The van der Waals surface area contributed by atoms with Crippen molar-refractivity contribution in [1.82, 2.24) is 4.90 Å². The van der Waals surface area contributed by atoms with Gasteiger partial charge in [0.2, 0.25) is 5.91 Å². The molecule has 1 N–H and O–H groups in total. The zero-order valence-corrected chi connectivity index (χ0v) is 19.4. The lowest BCUT2D eigenvalue weighted by atomic mass is 9.86. The fourth-order valence-corrected chi connectivity index (χ4v) is 5.46. The normalized spacial score (nSPS) is 18.5. The number of amides is 1. The molecule has 160 valence electrons. The number of fused-ring (bicyclic) bond motifs is 1. The third kappa shape index (κ3) is 3.82. The molecule has 2 aromatic rings. The van der Waals surface area contributed by atoms with E-state index in [-0.39, 0.29) is 18.1 Å². The minimum Gasteiger partial charge on any atom is -0.503 e. The van der Waals surface area contributed by atoms with Gasteiger partial charge in [-0.25, -0.2) is 0 Å². The highest BCUT2D eigenvalue weighted by atomic mass is 79.9. The van der Waals surface area contributed by atoms with E-state index in [9.17, 15) is 15.2 Å². The van der Waals surface area contributed by atoms with Crippen LogP contribution in [0.4, 0.5) is 5.69 Å². The van der Waals surface area contributed by atoms with E-state index in [4.69, 9.17) is 9.47 Å². The molecule has 2 heterocycles. The van der Waals surface area contributed by atoms with Crippen molar-refractivity contribution in [2.24, 2.45) is 0 Å². The SMILES string of the molecule is COc1ccccc1N1CSC2=C(C#N)C(c3cc(Br)c(O)c(OC)c3)CC(=O)N2C1. The molecule has 2 aromatic carbocycles. The van der Waals surface area contributed by atoms with Gasteiger partial charge in [-0.1, -0.05) is 23.9 Å². The molecular weight excluding hydrogens is 482 g/mol. The molecule has 0 radical (unpaired) electrons. The third-order valence-electron chi connectivity index (χ3n) is 5.39. The van der Waals surface area contributed by atoms with Crippen LogP contribution < -0.4 is 14.4 Å². The van der Waals surface area contributed by atoms with Crippen LogP contribution in [0.1, 0.15) is 17.9 Å². The van der Waals surface area contributed by atoms with Gasteiger partial charge in [-0.3, -0.25) is 9.69 Å². The summed E-state index contributed by atoms with van der Waals surface area (Å²) < 4.78 is 11.2. The van der Waals surface area contributed by atoms with E-state index >= 15 is 0 Å². The van der Waals surface area contributed by atoms with Crippen molar-refractivity contribution in [2.75, 3.05) is 31.7 Å². The third-order valence-corrected chi connectivity index (χ3v) is 7.15. The molecule has 1 fully saturated rings. The number of carbonyl (C=O) groups excluding carboxylic acids is 1. The number of thioether (sulfide) groups is 1. The average molecular weight is 502 g/mol. The molecule has 4 rings (SSSR count). The number of phenolic OH excluding ortho intramolecular Hbond substituents is 1. The molecule has 0 aromatic heterocycles. The Bertz CT molecular complexity index is 1110. The van der Waals surface area contributed by atoms with Crippen molar-refractivity contribution in [2.45, 2.75) is 12.3 Å². The molecule has 1 unspecified atom stereocenters. The van der Waals surface area contributed by atoms with Crippen molar-refractivity contribution in [3.8, 4) is 23.3 Å². The lowest BCUT2D eigenvalue weighted by Crippen LogP contribution is -2.47. The second kappa shape index (κ2) is 8.73. The van der Waals surface area contributed by atoms with E-state index in [0.717, 1.165) is 17.0 Å². The highest BCUT2D eigenvalue weighted by Crippen LogP contribution is 2.46. The maximum Gasteiger partial charge on any atom is 0.229 e. The fraction of sp³-hybridized carbons (Fsp3) is 0.273. The van der Waals surface area contributed by atoms with E-state index in [1.54, 1.807) is 24.1 Å². The van der Waals surface area contributed by atoms with Crippen LogP contribution in [-0.2, 0) is 4.79 Å². The Morgan fingerprint density at radius 3 is 2.68 bits per heavy atom. The maximum absolute atomic E-state index is 13.1. The zero-order chi connectivity index (χ0) is 22.1. The van der Waals surface area contributed by atoms with Crippen molar-refractivity contribution in [3.63, 3.8) is 0 Å². The summed E-state index contributed by atoms with van der Waals surface area (Å²) in [5, 5.41) is 20.8. The molecule has 7 nitrogen and oxygen atoms in total. The van der Waals surface area contributed by atoms with Crippen LogP contribution >= 0.6 is 27.7 Å². The lowest BCUT2D eigenvalue weighted by Gasteiger charge is -2.42. The summed E-state index contributed by atoms with van der Waals surface area (Å²) in [7, 11) is 3.09. The topological polar surface area (TPSA) is 86.0 Å². The maximum atomic E-state index is 13.1. The summed E-state index contributed by atoms with van der Waals surface area (Å²) in [6, 6.07) is 13.4. The number of allylic oxidation sites excluding steroid dienone is 1. The van der Waals surface area contributed by atoms with E-state index in [2.05, 4.69) is 26.9 Å². The van der Waals surface area contributed by atoms with Gasteiger partial charge in [0.15, 0.2) is 11.5 Å². The Hall–Kier alpha value is -2.83. The molecule has 1 saturated heterocycles. The van der Waals surface area contributed by atoms with Crippen molar-refractivity contribution >= 4 is 39.3 Å². The first-order valence-electron chi connectivity index (χ1n) is 9.50. The molecule has 31 heavy (non-hydrogen) atoms. The fourth-order valence-electron chi connectivity index (χ4n) is 3.84. The monoisotopic (exact) mass is 501 g/mol. The Balaban J connectivity index is 1.70. The van der Waals surface area contributed by atoms with Gasteiger partial charge < -0.3 is 19.5 Å². The van der Waals surface area contributed by atoms with Crippen LogP contribution in [0.2, 0.25) is 0 Å². The number of hydrogen-bond donors (Lipinski definition) is 1. The number of aromatic hydroxyl groups is 1. The molecule has 1 amide bonds. The number of nitrogens with zero attached hydrogens (tertiary/aromatic N) is 3. The predicted octanol–water partition coefficient (Wildman–Crippen LogP) is 4.39. The summed E-state index contributed by atoms with van der Waals surface area (Å²) in [4.78, 5) is 16.9. The van der Waals surface area contributed by atoms with Crippen molar-refractivity contribution < 1.29 is 19.4 Å². The number of rotatable bonds is 4. The van der Waals surface area contributed by atoms with Crippen molar-refractivity contribution in [1.29, 1.82) is 5.26 Å². The largest absolute Gasteiger partial charge is 0.503 e. The van der Waals surface area contributed by atoms with E-state index < -0.39 is 5.92 Å². The Morgan fingerprint density at radius 2 is 1.97 bits per heavy atom. The number of halogens is 1. The van der Waals surface area contributed by atoms with Gasteiger partial charge in [0.05, 0.1) is 53.6 Å². The van der Waals surface area contributed by atoms with Gasteiger partial charge in [-0.05, 0) is 45.8 Å². The Kier molecular flexibility index (Phi) is 6.03. The Morgan fingerprint density at radius 1 is 1.23 bits per heavy atom. The van der Waals surface area contributed by atoms with Gasteiger partial charge in [0.1, 0.15) is 5.75 Å². The standard InChI is InChI=1S/C22H20BrN3O4S/c1-29-18-6-4-3-5-17(18)25-11-26-20(27)9-14(15(10-24)22(26)31-12-25)13-7-16(23)21(28)19(8-13)30-2/h3-8,14,28H,9,11-12H2,1-2H3. The predicted molar refractivity (Wildman–Crippen MR) is 122 cm³/mol. The summed E-state index contributed by atoms with van der Waals surface area (Å²) >= 11 is 4.79. The second-order valence-electron chi connectivity index (χ2n) is 7.09. The smallest absolute Gasteiger partial charge is 0.229 e. The number of benzene rings is 2. The molecule has 9 heteroatoms. The minimum atomic E-state index is -0.403. The minimum absolute atomic E-state index is 0.0133. The number of methoxy groups -OCH3 is 2. The molecule has 2 aliphatic heterocycles. The van der Waals surface area contributed by atoms with Crippen LogP contribution in [0.3, 0.4) is 0 Å². The first kappa shape index (κ1) is 21.4. The van der Waals surface area contributed by atoms with Gasteiger partial charge in [-0.15, -0.1) is 0 Å². The highest BCUT2D eigenvalue weighted by molar-refractivity contribution is 9.10. The molecule has 2 aliphatic rings. The van der Waals surface area contributed by atoms with Gasteiger partial charge in [0, 0.05) is 12.3 Å². The van der Waals surface area contributed by atoms with Crippen LogP contribution in [0.15, 0.2) is 51.5 Å². The molecule has 0 aliphatic carbocycles. The van der Waals surface area contributed by atoms with Gasteiger partial charge in [-0.2, -0.15) is 5.26 Å². The summed E-state index contributed by atoms with van der Waals surface area (Å²) in [5.74, 6) is 1.13. The molecular formula is C22H20BrN3O4S. The highest BCUT2D eigenvalue weighted by Gasteiger charge is 2.39. The quantitative estimate of drug-likeness (QED) is 0.664. The number of ether oxygens (including phenoxy) is 2. The molecule has 0 spiro atoms. The van der Waals surface area contributed by atoms with Gasteiger partial charge >= 0.3 is 0 Å². The average Bonchev–Trinajstić information content (AvgIpc) is 2.80. The van der Waals surface area contributed by atoms with Crippen LogP contribution in [0.25, 0.3) is 0 Å². The summed E-state index contributed by atoms with van der Waals surface area (Å²) in [5.41, 5.74) is 2.19. The summed E-state index contributed by atoms with van der Waals surface area (Å²) in [6.07, 6.45) is 0.160. The number of hydrogen-bond acceptors (Lipinski definition) is 7. The van der Waals surface area contributed by atoms with Crippen LogP contribution in [0.5, 0.6) is 17.2 Å². The van der Waals surface area contributed by atoms with E-state index in [0.29, 0.717) is 33.4 Å². The van der Waals surface area contributed by atoms with Crippen molar-refractivity contribution in [3.05, 3.63) is 57.0 Å². The van der Waals surface area contributed by atoms with Crippen LogP contribution in [0, 0.1) is 11.3 Å². The lowest BCUT2D eigenvalue weighted by molar-refractivity contribution is -0.129. The number of para-hydroxylation sites is 2. The number of phenols is 1. The number of carbonyl (C=O) groups is 1. The zero-order valence-electron chi connectivity index (χ0n) is 17.0.